The van der Waals surface area contributed by atoms with E-state index in [1.165, 1.54) is 16.6 Å². The van der Waals surface area contributed by atoms with Gasteiger partial charge in [-0.25, -0.2) is 8.42 Å². The standard InChI is InChI=1S/C17H22N4O5S/c1-27(25,26)20-8-6-19(7-9-20)15-5-3-2-4-13(15)18-14-12-16(23)21(10-11-22)17(14)24/h2-5,12,18,22H,6-11H2,1H3. The van der Waals surface area contributed by atoms with E-state index in [2.05, 4.69) is 5.32 Å². The van der Waals surface area contributed by atoms with Crippen molar-refractivity contribution in [3.05, 3.63) is 36.0 Å². The molecule has 0 bridgehead atoms. The summed E-state index contributed by atoms with van der Waals surface area (Å²) in [6.45, 7) is 1.48. The molecule has 0 unspecified atom stereocenters. The van der Waals surface area contributed by atoms with Gasteiger partial charge in [0.15, 0.2) is 0 Å². The van der Waals surface area contributed by atoms with Crippen molar-refractivity contribution in [2.24, 2.45) is 0 Å². The topological polar surface area (TPSA) is 110 Å². The highest BCUT2D eigenvalue weighted by atomic mass is 32.2. The van der Waals surface area contributed by atoms with Crippen molar-refractivity contribution in [3.63, 3.8) is 0 Å². The summed E-state index contributed by atoms with van der Waals surface area (Å²) in [4.78, 5) is 27.2. The summed E-state index contributed by atoms with van der Waals surface area (Å²) in [5.41, 5.74) is 1.63. The average Bonchev–Trinajstić information content (AvgIpc) is 2.89. The zero-order chi connectivity index (χ0) is 19.6. The van der Waals surface area contributed by atoms with E-state index in [4.69, 9.17) is 5.11 Å². The summed E-state index contributed by atoms with van der Waals surface area (Å²) in [7, 11) is -3.21. The molecule has 2 heterocycles. The Morgan fingerprint density at radius 1 is 1.11 bits per heavy atom. The molecule has 2 aliphatic rings. The maximum Gasteiger partial charge on any atom is 0.277 e. The zero-order valence-corrected chi connectivity index (χ0v) is 15.8. The Kier molecular flexibility index (Phi) is 5.49. The van der Waals surface area contributed by atoms with Gasteiger partial charge >= 0.3 is 0 Å². The molecule has 0 spiro atoms. The summed E-state index contributed by atoms with van der Waals surface area (Å²) in [5.74, 6) is -0.943. The molecule has 2 amide bonds. The number of para-hydroxylation sites is 2. The molecular weight excluding hydrogens is 372 g/mol. The van der Waals surface area contributed by atoms with Crippen LogP contribution in [-0.2, 0) is 19.6 Å². The molecule has 27 heavy (non-hydrogen) atoms. The molecular formula is C17H22N4O5S. The van der Waals surface area contributed by atoms with Crippen LogP contribution in [0.4, 0.5) is 11.4 Å². The van der Waals surface area contributed by atoms with Crippen LogP contribution in [0.1, 0.15) is 0 Å². The van der Waals surface area contributed by atoms with Gasteiger partial charge in [0.2, 0.25) is 10.0 Å². The summed E-state index contributed by atoms with van der Waals surface area (Å²) in [6, 6.07) is 7.35. The van der Waals surface area contributed by atoms with E-state index < -0.39 is 21.8 Å². The summed E-state index contributed by atoms with van der Waals surface area (Å²) in [6.07, 6.45) is 2.42. The van der Waals surface area contributed by atoms with Gasteiger partial charge < -0.3 is 15.3 Å². The maximum absolute atomic E-state index is 12.3. The van der Waals surface area contributed by atoms with Gasteiger partial charge in [0, 0.05) is 32.3 Å². The minimum atomic E-state index is -3.21. The molecule has 0 atom stereocenters. The number of nitrogens with zero attached hydrogens (tertiary/aromatic N) is 3. The van der Waals surface area contributed by atoms with Crippen LogP contribution in [0.25, 0.3) is 0 Å². The number of piperazine rings is 1. The molecule has 9 nitrogen and oxygen atoms in total. The van der Waals surface area contributed by atoms with Crippen molar-refractivity contribution in [3.8, 4) is 0 Å². The lowest BCUT2D eigenvalue weighted by molar-refractivity contribution is -0.137. The third-order valence-corrected chi connectivity index (χ3v) is 5.86. The van der Waals surface area contributed by atoms with Gasteiger partial charge in [-0.15, -0.1) is 0 Å². The first-order chi connectivity index (χ1) is 12.8. The Hall–Kier alpha value is -2.43. The Balaban J connectivity index is 1.75. The second kappa shape index (κ2) is 7.67. The second-order valence-corrected chi connectivity index (χ2v) is 8.35. The lowest BCUT2D eigenvalue weighted by atomic mass is 10.2. The van der Waals surface area contributed by atoms with Gasteiger partial charge in [-0.1, -0.05) is 12.1 Å². The fraction of sp³-hybridized carbons (Fsp3) is 0.412. The summed E-state index contributed by atoms with van der Waals surface area (Å²) in [5, 5.41) is 12.0. The third kappa shape index (κ3) is 4.12. The Labute approximate surface area is 157 Å². The van der Waals surface area contributed by atoms with Crippen molar-refractivity contribution in [2.45, 2.75) is 0 Å². The lowest BCUT2D eigenvalue weighted by Gasteiger charge is -2.35. The smallest absolute Gasteiger partial charge is 0.277 e. The van der Waals surface area contributed by atoms with E-state index in [-0.39, 0.29) is 18.8 Å². The average molecular weight is 394 g/mol. The quantitative estimate of drug-likeness (QED) is 0.622. The van der Waals surface area contributed by atoms with E-state index in [9.17, 15) is 18.0 Å². The first-order valence-corrected chi connectivity index (χ1v) is 10.4. The van der Waals surface area contributed by atoms with Crippen molar-refractivity contribution in [1.29, 1.82) is 0 Å². The van der Waals surface area contributed by atoms with Crippen molar-refractivity contribution in [2.75, 3.05) is 55.8 Å². The van der Waals surface area contributed by atoms with Gasteiger partial charge in [0.25, 0.3) is 11.8 Å². The molecule has 1 fully saturated rings. The number of β-amino-alcohol motifs (C(OH)–C–C–N with tert-alkyl or cyclic N) is 1. The van der Waals surface area contributed by atoms with E-state index in [1.807, 2.05) is 23.1 Å². The first kappa shape index (κ1) is 19.3. The second-order valence-electron chi connectivity index (χ2n) is 6.37. The Morgan fingerprint density at radius 3 is 2.41 bits per heavy atom. The van der Waals surface area contributed by atoms with E-state index >= 15 is 0 Å². The van der Waals surface area contributed by atoms with Crippen molar-refractivity contribution in [1.82, 2.24) is 9.21 Å². The van der Waals surface area contributed by atoms with Gasteiger partial charge in [-0.3, -0.25) is 14.5 Å². The minimum Gasteiger partial charge on any atom is -0.395 e. The van der Waals surface area contributed by atoms with E-state index in [0.29, 0.717) is 31.9 Å². The van der Waals surface area contributed by atoms with Crippen LogP contribution in [0.5, 0.6) is 0 Å². The summed E-state index contributed by atoms with van der Waals surface area (Å²) < 4.78 is 24.8. The number of hydrogen-bond donors (Lipinski definition) is 2. The third-order valence-electron chi connectivity index (χ3n) is 4.55. The normalized spacial score (nSPS) is 18.8. The number of amides is 2. The molecule has 10 heteroatoms. The number of carbonyl (C=O) groups is 2. The monoisotopic (exact) mass is 394 g/mol. The number of aliphatic hydroxyl groups excluding tert-OH is 1. The van der Waals surface area contributed by atoms with Crippen LogP contribution >= 0.6 is 0 Å². The molecule has 1 saturated heterocycles. The molecule has 0 aromatic heterocycles. The van der Waals surface area contributed by atoms with Gasteiger partial charge in [0.05, 0.1) is 30.8 Å². The van der Waals surface area contributed by atoms with Gasteiger partial charge in [-0.05, 0) is 12.1 Å². The van der Waals surface area contributed by atoms with Crippen molar-refractivity contribution < 1.29 is 23.1 Å². The predicted octanol–water partition coefficient (Wildman–Crippen LogP) is -0.575. The molecule has 0 saturated carbocycles. The lowest BCUT2D eigenvalue weighted by Crippen LogP contribution is -2.48. The predicted molar refractivity (Wildman–Crippen MR) is 101 cm³/mol. The highest BCUT2D eigenvalue weighted by molar-refractivity contribution is 7.88. The SMILES string of the molecule is CS(=O)(=O)N1CCN(c2ccccc2NC2=CC(=O)N(CCO)C2=O)CC1. The molecule has 146 valence electrons. The highest BCUT2D eigenvalue weighted by Gasteiger charge is 2.31. The van der Waals surface area contributed by atoms with Crippen molar-refractivity contribution >= 4 is 33.2 Å². The van der Waals surface area contributed by atoms with Crippen LogP contribution in [0, 0.1) is 0 Å². The van der Waals surface area contributed by atoms with Crippen LogP contribution in [0.15, 0.2) is 36.0 Å². The molecule has 0 aliphatic carbocycles. The fourth-order valence-electron chi connectivity index (χ4n) is 3.17. The van der Waals surface area contributed by atoms with Crippen LogP contribution in [0.2, 0.25) is 0 Å². The number of nitrogens with one attached hydrogen (secondary N) is 1. The number of hydrogen-bond acceptors (Lipinski definition) is 7. The maximum atomic E-state index is 12.3. The molecule has 3 rings (SSSR count). The molecule has 1 aromatic rings. The number of sulfonamides is 1. The number of aliphatic hydroxyl groups is 1. The molecule has 0 radical (unpaired) electrons. The molecule has 2 N–H and O–H groups in total. The highest BCUT2D eigenvalue weighted by Crippen LogP contribution is 2.29. The number of benzene rings is 1. The molecule has 1 aromatic carbocycles. The number of anilines is 2. The fourth-order valence-corrected chi connectivity index (χ4v) is 4.00. The van der Waals surface area contributed by atoms with E-state index in [1.54, 1.807) is 6.07 Å². The number of carbonyl (C=O) groups excluding carboxylic acids is 2. The Morgan fingerprint density at radius 2 is 1.78 bits per heavy atom. The summed E-state index contributed by atoms with van der Waals surface area (Å²) >= 11 is 0. The van der Waals surface area contributed by atoms with Gasteiger partial charge in [0.1, 0.15) is 5.70 Å². The molecule has 2 aliphatic heterocycles. The first-order valence-electron chi connectivity index (χ1n) is 8.56. The minimum absolute atomic E-state index is 0.0472. The number of rotatable bonds is 6. The Bertz CT molecular complexity index is 875. The van der Waals surface area contributed by atoms with E-state index in [0.717, 1.165) is 10.6 Å². The van der Waals surface area contributed by atoms with Crippen LogP contribution < -0.4 is 10.2 Å². The van der Waals surface area contributed by atoms with Crippen LogP contribution in [-0.4, -0.2) is 80.1 Å². The van der Waals surface area contributed by atoms with Crippen LogP contribution in [0.3, 0.4) is 0 Å². The largest absolute Gasteiger partial charge is 0.395 e. The zero-order valence-electron chi connectivity index (χ0n) is 15.0. The van der Waals surface area contributed by atoms with Gasteiger partial charge in [-0.2, -0.15) is 4.31 Å². The number of imide groups is 1.